The van der Waals surface area contributed by atoms with Crippen LogP contribution >= 0.6 is 0 Å². The van der Waals surface area contributed by atoms with Crippen LogP contribution in [-0.2, 0) is 23.9 Å². The van der Waals surface area contributed by atoms with Gasteiger partial charge in [-0.3, -0.25) is 4.79 Å². The van der Waals surface area contributed by atoms with Gasteiger partial charge in [0, 0.05) is 25.8 Å². The molecule has 0 aliphatic heterocycles. The minimum atomic E-state index is -1.26. The Morgan fingerprint density at radius 1 is 1.31 bits per heavy atom. The van der Waals surface area contributed by atoms with Gasteiger partial charge in [0.25, 0.3) is 5.91 Å². The number of carbonyl (C=O) groups excluding carboxylic acids is 2. The lowest BCUT2D eigenvalue weighted by Crippen LogP contribution is -2.31. The van der Waals surface area contributed by atoms with Crippen molar-refractivity contribution in [3.63, 3.8) is 0 Å². The summed E-state index contributed by atoms with van der Waals surface area (Å²) in [5.41, 5.74) is 0. The van der Waals surface area contributed by atoms with Gasteiger partial charge in [-0.1, -0.05) is 0 Å². The van der Waals surface area contributed by atoms with Crippen LogP contribution in [-0.4, -0.2) is 49.8 Å². The summed E-state index contributed by atoms with van der Waals surface area (Å²) in [5, 5.41) is 10.6. The highest BCUT2D eigenvalue weighted by atomic mass is 16.5. The van der Waals surface area contributed by atoms with Gasteiger partial charge < -0.3 is 19.9 Å². The van der Waals surface area contributed by atoms with E-state index in [9.17, 15) is 14.4 Å². The maximum absolute atomic E-state index is 11.0. The predicted molar refractivity (Wildman–Crippen MR) is 52.6 cm³/mol. The first-order chi connectivity index (χ1) is 7.56. The molecule has 0 bridgehead atoms. The Balaban J connectivity index is 3.67. The lowest BCUT2D eigenvalue weighted by Gasteiger charge is -2.03. The van der Waals surface area contributed by atoms with Gasteiger partial charge in [0.05, 0.1) is 6.61 Å². The molecule has 0 rings (SSSR count). The maximum Gasteiger partial charge on any atom is 0.331 e. The Morgan fingerprint density at radius 2 is 2.00 bits per heavy atom. The normalized spacial score (nSPS) is 10.1. The molecule has 1 amide bonds. The van der Waals surface area contributed by atoms with Crippen molar-refractivity contribution < 1.29 is 29.0 Å². The smallest absolute Gasteiger partial charge is 0.331 e. The summed E-state index contributed by atoms with van der Waals surface area (Å²) in [6.07, 6.45) is 1.36. The van der Waals surface area contributed by atoms with Gasteiger partial charge in [0.1, 0.15) is 0 Å². The standard InChI is InChI=1S/C9H13NO6/c1-15-5-4-10-7(11)6-16-9(14)3-2-8(12)13/h2-3H,4-6H2,1H3,(H,10,11)(H,12,13). The number of rotatable bonds is 7. The number of ether oxygens (including phenoxy) is 2. The third kappa shape index (κ3) is 8.70. The maximum atomic E-state index is 11.0. The Morgan fingerprint density at radius 3 is 2.56 bits per heavy atom. The van der Waals surface area contributed by atoms with Crippen molar-refractivity contribution in [3.05, 3.63) is 12.2 Å². The predicted octanol–water partition coefficient (Wildman–Crippen LogP) is -1.07. The Labute approximate surface area is 92.0 Å². The molecule has 0 heterocycles. The Kier molecular flexibility index (Phi) is 7.43. The molecule has 0 fully saturated rings. The number of carbonyl (C=O) groups is 3. The van der Waals surface area contributed by atoms with Crippen LogP contribution in [0.15, 0.2) is 12.2 Å². The van der Waals surface area contributed by atoms with E-state index in [1.807, 2.05) is 0 Å². The van der Waals surface area contributed by atoms with Crippen LogP contribution in [0.25, 0.3) is 0 Å². The third-order valence-corrected chi connectivity index (χ3v) is 1.34. The molecule has 0 saturated heterocycles. The molecular weight excluding hydrogens is 218 g/mol. The monoisotopic (exact) mass is 231 g/mol. The largest absolute Gasteiger partial charge is 0.478 e. The average Bonchev–Trinajstić information content (AvgIpc) is 2.24. The first-order valence-electron chi connectivity index (χ1n) is 4.39. The summed E-state index contributed by atoms with van der Waals surface area (Å²) in [6, 6.07) is 0. The highest BCUT2D eigenvalue weighted by Crippen LogP contribution is 1.82. The number of aliphatic carboxylic acids is 1. The molecule has 90 valence electrons. The van der Waals surface area contributed by atoms with E-state index < -0.39 is 24.5 Å². The van der Waals surface area contributed by atoms with Crippen LogP contribution < -0.4 is 5.32 Å². The number of hydrogen-bond acceptors (Lipinski definition) is 5. The molecule has 7 nitrogen and oxygen atoms in total. The van der Waals surface area contributed by atoms with E-state index in [1.165, 1.54) is 7.11 Å². The molecule has 16 heavy (non-hydrogen) atoms. The van der Waals surface area contributed by atoms with Crippen LogP contribution in [0.4, 0.5) is 0 Å². The second kappa shape index (κ2) is 8.42. The second-order valence-corrected chi connectivity index (χ2v) is 2.62. The fraction of sp³-hybridized carbons (Fsp3) is 0.444. The molecule has 0 aliphatic carbocycles. The van der Waals surface area contributed by atoms with Gasteiger partial charge >= 0.3 is 11.9 Å². The molecular formula is C9H13NO6. The number of carboxylic acid groups (broad SMARTS) is 1. The van der Waals surface area contributed by atoms with E-state index in [0.29, 0.717) is 19.2 Å². The lowest BCUT2D eigenvalue weighted by atomic mass is 10.5. The fourth-order valence-corrected chi connectivity index (χ4v) is 0.668. The van der Waals surface area contributed by atoms with Crippen LogP contribution in [0.1, 0.15) is 0 Å². The third-order valence-electron chi connectivity index (χ3n) is 1.34. The van der Waals surface area contributed by atoms with Crippen molar-refractivity contribution in [3.8, 4) is 0 Å². The van der Waals surface area contributed by atoms with Gasteiger partial charge in [0.15, 0.2) is 6.61 Å². The summed E-state index contributed by atoms with van der Waals surface area (Å²) in [4.78, 5) is 31.8. The lowest BCUT2D eigenvalue weighted by molar-refractivity contribution is -0.144. The van der Waals surface area contributed by atoms with Gasteiger partial charge in [-0.05, 0) is 0 Å². The molecule has 0 spiro atoms. The number of carboxylic acids is 1. The number of esters is 1. The molecule has 0 aromatic rings. The zero-order valence-electron chi connectivity index (χ0n) is 8.76. The van der Waals surface area contributed by atoms with Crippen LogP contribution in [0.2, 0.25) is 0 Å². The highest BCUT2D eigenvalue weighted by Gasteiger charge is 2.04. The Bertz CT molecular complexity index is 286. The minimum absolute atomic E-state index is 0.317. The van der Waals surface area contributed by atoms with Crippen LogP contribution in [0, 0.1) is 0 Å². The molecule has 0 saturated carbocycles. The minimum Gasteiger partial charge on any atom is -0.478 e. The van der Waals surface area contributed by atoms with Crippen molar-refractivity contribution in [2.45, 2.75) is 0 Å². The Hall–Kier alpha value is -1.89. The number of methoxy groups -OCH3 is 1. The van der Waals surface area contributed by atoms with Crippen molar-refractivity contribution in [1.29, 1.82) is 0 Å². The zero-order chi connectivity index (χ0) is 12.4. The fourth-order valence-electron chi connectivity index (χ4n) is 0.668. The first-order valence-corrected chi connectivity index (χ1v) is 4.39. The zero-order valence-corrected chi connectivity index (χ0v) is 8.76. The van der Waals surface area contributed by atoms with Crippen LogP contribution in [0.5, 0.6) is 0 Å². The molecule has 0 aromatic carbocycles. The molecule has 0 aliphatic rings. The second-order valence-electron chi connectivity index (χ2n) is 2.62. The number of hydrogen-bond donors (Lipinski definition) is 2. The SMILES string of the molecule is COCCNC(=O)COC(=O)C=CC(=O)O. The van der Waals surface area contributed by atoms with E-state index in [-0.39, 0.29) is 0 Å². The van der Waals surface area contributed by atoms with Crippen molar-refractivity contribution in [2.24, 2.45) is 0 Å². The average molecular weight is 231 g/mol. The van der Waals surface area contributed by atoms with Gasteiger partial charge in [-0.25, -0.2) is 9.59 Å². The summed E-state index contributed by atoms with van der Waals surface area (Å²) < 4.78 is 9.13. The number of nitrogens with one attached hydrogen (secondary N) is 1. The van der Waals surface area contributed by atoms with Crippen molar-refractivity contribution >= 4 is 17.8 Å². The van der Waals surface area contributed by atoms with E-state index in [4.69, 9.17) is 5.11 Å². The van der Waals surface area contributed by atoms with E-state index in [2.05, 4.69) is 14.8 Å². The van der Waals surface area contributed by atoms with Gasteiger partial charge in [-0.2, -0.15) is 0 Å². The van der Waals surface area contributed by atoms with E-state index >= 15 is 0 Å². The van der Waals surface area contributed by atoms with Crippen LogP contribution in [0.3, 0.4) is 0 Å². The van der Waals surface area contributed by atoms with Crippen molar-refractivity contribution in [2.75, 3.05) is 26.9 Å². The molecule has 0 aromatic heterocycles. The van der Waals surface area contributed by atoms with E-state index in [1.54, 1.807) is 0 Å². The van der Waals surface area contributed by atoms with E-state index in [0.717, 1.165) is 6.08 Å². The van der Waals surface area contributed by atoms with Crippen molar-refractivity contribution in [1.82, 2.24) is 5.32 Å². The summed E-state index contributed by atoms with van der Waals surface area (Å²) in [5.74, 6) is -2.63. The molecule has 7 heteroatoms. The molecule has 0 radical (unpaired) electrons. The van der Waals surface area contributed by atoms with Gasteiger partial charge in [0.2, 0.25) is 0 Å². The topological polar surface area (TPSA) is 102 Å². The number of amides is 1. The molecule has 0 atom stereocenters. The highest BCUT2D eigenvalue weighted by molar-refractivity contribution is 5.91. The molecule has 0 unspecified atom stereocenters. The quantitative estimate of drug-likeness (QED) is 0.329. The summed E-state index contributed by atoms with van der Waals surface area (Å²) >= 11 is 0. The summed E-state index contributed by atoms with van der Waals surface area (Å²) in [6.45, 7) is 0.225. The summed E-state index contributed by atoms with van der Waals surface area (Å²) in [7, 11) is 1.49. The molecule has 2 N–H and O–H groups in total. The van der Waals surface area contributed by atoms with Gasteiger partial charge in [-0.15, -0.1) is 0 Å². The first kappa shape index (κ1) is 14.1.